The van der Waals surface area contributed by atoms with Crippen LogP contribution >= 0.6 is 11.6 Å². The van der Waals surface area contributed by atoms with Gasteiger partial charge >= 0.3 is 0 Å². The molecule has 0 fully saturated rings. The van der Waals surface area contributed by atoms with Crippen molar-refractivity contribution in [3.8, 4) is 11.4 Å². The van der Waals surface area contributed by atoms with Gasteiger partial charge in [0.1, 0.15) is 17.5 Å². The molecule has 25 heavy (non-hydrogen) atoms. The normalized spacial score (nSPS) is 11.3. The predicted molar refractivity (Wildman–Crippen MR) is 97.1 cm³/mol. The fourth-order valence-corrected chi connectivity index (χ4v) is 3.26. The summed E-state index contributed by atoms with van der Waals surface area (Å²) < 4.78 is 17.7. The second kappa shape index (κ2) is 6.33. The molecule has 4 rings (SSSR count). The minimum absolute atomic E-state index is 0.275. The monoisotopic (exact) mass is 354 g/mol. The molecule has 0 unspecified atom stereocenters. The van der Waals surface area contributed by atoms with Gasteiger partial charge in [-0.15, -0.1) is 0 Å². The van der Waals surface area contributed by atoms with Crippen LogP contribution in [0.25, 0.3) is 22.4 Å². The Kier molecular flexibility index (Phi) is 4.01. The van der Waals surface area contributed by atoms with Gasteiger partial charge in [-0.3, -0.25) is 0 Å². The molecule has 0 aliphatic carbocycles. The second-order valence-corrected chi connectivity index (χ2v) is 6.23. The molecule has 0 saturated heterocycles. The van der Waals surface area contributed by atoms with Crippen LogP contribution in [-0.2, 0) is 13.1 Å². The van der Waals surface area contributed by atoms with Crippen LogP contribution in [0.1, 0.15) is 12.7 Å². The number of aryl methyl sites for hydroxylation is 1. The summed E-state index contributed by atoms with van der Waals surface area (Å²) in [5, 5.41) is 0.691. The maximum absolute atomic E-state index is 13.5. The molecule has 4 aromatic rings. The Morgan fingerprint density at radius 3 is 2.84 bits per heavy atom. The van der Waals surface area contributed by atoms with Gasteiger partial charge in [0, 0.05) is 29.5 Å². The highest BCUT2D eigenvalue weighted by Crippen LogP contribution is 2.23. The maximum Gasteiger partial charge on any atom is 0.140 e. The van der Waals surface area contributed by atoms with Gasteiger partial charge < -0.3 is 9.13 Å². The summed E-state index contributed by atoms with van der Waals surface area (Å²) >= 11 is 6.13. The fourth-order valence-electron chi connectivity index (χ4n) is 3.10. The number of fused-ring (bicyclic) bond motifs is 1. The van der Waals surface area contributed by atoms with E-state index in [1.54, 1.807) is 12.3 Å². The third kappa shape index (κ3) is 2.91. The van der Waals surface area contributed by atoms with E-state index in [-0.39, 0.29) is 5.82 Å². The lowest BCUT2D eigenvalue weighted by molar-refractivity contribution is 0.627. The van der Waals surface area contributed by atoms with Crippen LogP contribution in [0.2, 0.25) is 5.02 Å². The lowest BCUT2D eigenvalue weighted by Gasteiger charge is -2.10. The van der Waals surface area contributed by atoms with E-state index in [1.807, 2.05) is 35.0 Å². The Morgan fingerprint density at radius 1 is 1.16 bits per heavy atom. The Hall–Kier alpha value is -2.66. The summed E-state index contributed by atoms with van der Waals surface area (Å²) in [5.41, 5.74) is 2.67. The molecule has 0 aliphatic heterocycles. The summed E-state index contributed by atoms with van der Waals surface area (Å²) in [4.78, 5) is 9.12. The van der Waals surface area contributed by atoms with Crippen LogP contribution in [-0.4, -0.2) is 19.1 Å². The molecule has 126 valence electrons. The number of nitrogens with zero attached hydrogens (tertiary/aromatic N) is 4. The van der Waals surface area contributed by atoms with Crippen molar-refractivity contribution >= 4 is 22.6 Å². The quantitative estimate of drug-likeness (QED) is 0.529. The topological polar surface area (TPSA) is 35.6 Å². The molecule has 0 aliphatic rings. The van der Waals surface area contributed by atoms with E-state index in [0.29, 0.717) is 17.4 Å². The van der Waals surface area contributed by atoms with Crippen molar-refractivity contribution in [3.63, 3.8) is 0 Å². The van der Waals surface area contributed by atoms with Crippen LogP contribution < -0.4 is 0 Å². The molecule has 2 heterocycles. The first-order valence-corrected chi connectivity index (χ1v) is 8.45. The summed E-state index contributed by atoms with van der Waals surface area (Å²) in [5.74, 6) is 1.35. The molecule has 0 N–H and O–H groups in total. The zero-order valence-corrected chi connectivity index (χ0v) is 14.4. The SMILES string of the molecule is CCn1c(Cn2ccnc2-c2cccc(F)c2)nc2ccc(Cl)cc21. The number of imidazole rings is 2. The fraction of sp³-hybridized carbons (Fsp3) is 0.158. The first-order chi connectivity index (χ1) is 12.2. The van der Waals surface area contributed by atoms with Gasteiger partial charge in [0.25, 0.3) is 0 Å². The van der Waals surface area contributed by atoms with Crippen LogP contribution in [0, 0.1) is 5.82 Å². The number of hydrogen-bond donors (Lipinski definition) is 0. The summed E-state index contributed by atoms with van der Waals surface area (Å²) in [6.07, 6.45) is 3.60. The van der Waals surface area contributed by atoms with Gasteiger partial charge in [-0.2, -0.15) is 0 Å². The van der Waals surface area contributed by atoms with E-state index < -0.39 is 0 Å². The van der Waals surface area contributed by atoms with Gasteiger partial charge in [-0.25, -0.2) is 14.4 Å². The van der Waals surface area contributed by atoms with Crippen molar-refractivity contribution in [3.05, 3.63) is 71.5 Å². The molecule has 2 aromatic heterocycles. The van der Waals surface area contributed by atoms with E-state index in [2.05, 4.69) is 16.5 Å². The van der Waals surface area contributed by atoms with E-state index in [4.69, 9.17) is 16.6 Å². The molecule has 2 aromatic carbocycles. The number of halogens is 2. The Bertz CT molecular complexity index is 1050. The van der Waals surface area contributed by atoms with Crippen molar-refractivity contribution in [2.24, 2.45) is 0 Å². The van der Waals surface area contributed by atoms with E-state index in [0.717, 1.165) is 29.0 Å². The van der Waals surface area contributed by atoms with Crippen molar-refractivity contribution in [1.29, 1.82) is 0 Å². The summed E-state index contributed by atoms with van der Waals surface area (Å²) in [7, 11) is 0. The van der Waals surface area contributed by atoms with E-state index in [9.17, 15) is 4.39 Å². The molecular formula is C19H16ClFN4. The smallest absolute Gasteiger partial charge is 0.140 e. The molecule has 4 nitrogen and oxygen atoms in total. The van der Waals surface area contributed by atoms with Gasteiger partial charge in [0.2, 0.25) is 0 Å². The summed E-state index contributed by atoms with van der Waals surface area (Å²) in [6, 6.07) is 12.2. The number of aromatic nitrogens is 4. The van der Waals surface area contributed by atoms with Gasteiger partial charge in [-0.1, -0.05) is 23.7 Å². The lowest BCUT2D eigenvalue weighted by Crippen LogP contribution is -2.08. The van der Waals surface area contributed by atoms with Crippen LogP contribution in [0.5, 0.6) is 0 Å². The molecule has 6 heteroatoms. The van der Waals surface area contributed by atoms with Gasteiger partial charge in [0.15, 0.2) is 0 Å². The van der Waals surface area contributed by atoms with Crippen molar-refractivity contribution in [2.75, 3.05) is 0 Å². The van der Waals surface area contributed by atoms with Gasteiger partial charge in [0.05, 0.1) is 17.6 Å². The molecular weight excluding hydrogens is 339 g/mol. The van der Waals surface area contributed by atoms with Crippen LogP contribution in [0.4, 0.5) is 4.39 Å². The first kappa shape index (κ1) is 15.8. The largest absolute Gasteiger partial charge is 0.327 e. The van der Waals surface area contributed by atoms with Crippen LogP contribution in [0.3, 0.4) is 0 Å². The predicted octanol–water partition coefficient (Wildman–Crippen LogP) is 4.76. The average molecular weight is 355 g/mol. The zero-order chi connectivity index (χ0) is 17.4. The minimum Gasteiger partial charge on any atom is -0.327 e. The minimum atomic E-state index is -0.275. The molecule has 0 bridgehead atoms. The standard InChI is InChI=1S/C19H16ClFN4/c1-2-25-17-11-14(20)6-7-16(17)23-18(25)12-24-9-8-22-19(24)13-4-3-5-15(21)10-13/h3-11H,2,12H2,1H3. The van der Waals surface area contributed by atoms with Crippen molar-refractivity contribution < 1.29 is 4.39 Å². The first-order valence-electron chi connectivity index (χ1n) is 8.07. The van der Waals surface area contributed by atoms with E-state index >= 15 is 0 Å². The van der Waals surface area contributed by atoms with E-state index in [1.165, 1.54) is 12.1 Å². The molecule has 0 amide bonds. The molecule has 0 atom stereocenters. The molecule has 0 radical (unpaired) electrons. The van der Waals surface area contributed by atoms with Gasteiger partial charge in [-0.05, 0) is 37.3 Å². The molecule has 0 spiro atoms. The molecule has 0 saturated carbocycles. The number of hydrogen-bond acceptors (Lipinski definition) is 2. The van der Waals surface area contributed by atoms with Crippen molar-refractivity contribution in [2.45, 2.75) is 20.0 Å². The third-order valence-electron chi connectivity index (χ3n) is 4.22. The highest BCUT2D eigenvalue weighted by atomic mass is 35.5. The highest BCUT2D eigenvalue weighted by Gasteiger charge is 2.13. The Morgan fingerprint density at radius 2 is 2.04 bits per heavy atom. The second-order valence-electron chi connectivity index (χ2n) is 5.79. The number of rotatable bonds is 4. The zero-order valence-electron chi connectivity index (χ0n) is 13.7. The highest BCUT2D eigenvalue weighted by molar-refractivity contribution is 6.31. The average Bonchev–Trinajstić information content (AvgIpc) is 3.19. The number of benzene rings is 2. The lowest BCUT2D eigenvalue weighted by atomic mass is 10.2. The van der Waals surface area contributed by atoms with Crippen molar-refractivity contribution in [1.82, 2.24) is 19.1 Å². The third-order valence-corrected chi connectivity index (χ3v) is 4.45. The maximum atomic E-state index is 13.5. The Balaban J connectivity index is 1.77. The van der Waals surface area contributed by atoms with Crippen LogP contribution in [0.15, 0.2) is 54.9 Å². The summed E-state index contributed by atoms with van der Waals surface area (Å²) in [6.45, 7) is 3.41. The Labute approximate surface area is 149 Å².